The minimum absolute atomic E-state index is 0. The van der Waals surface area contributed by atoms with E-state index in [0.29, 0.717) is 0 Å². The molecule has 0 unspecified atom stereocenters. The zero-order chi connectivity index (χ0) is 12.9. The molecular formula is C16H29ClN2. The lowest BCUT2D eigenvalue weighted by atomic mass is 10.1. The van der Waals surface area contributed by atoms with Gasteiger partial charge in [-0.25, -0.2) is 4.57 Å². The van der Waals surface area contributed by atoms with E-state index in [2.05, 4.69) is 22.7 Å². The van der Waals surface area contributed by atoms with E-state index in [4.69, 9.17) is 0 Å². The molecule has 0 saturated carbocycles. The van der Waals surface area contributed by atoms with Crippen LogP contribution in [-0.4, -0.2) is 4.98 Å². The molecule has 0 fully saturated rings. The molecule has 2 nitrogen and oxygen atoms in total. The van der Waals surface area contributed by atoms with Crippen LogP contribution in [0.15, 0.2) is 24.8 Å². The van der Waals surface area contributed by atoms with Gasteiger partial charge in [0, 0.05) is 6.07 Å². The number of nitrogens with zero attached hydrogens (tertiary/aromatic N) is 2. The van der Waals surface area contributed by atoms with Gasteiger partial charge in [-0.15, -0.1) is 0 Å². The molecule has 1 rings (SSSR count). The maximum absolute atomic E-state index is 4.11. The molecule has 1 aromatic rings. The largest absolute Gasteiger partial charge is 1.00 e. The number of rotatable bonds is 11. The Morgan fingerprint density at radius 3 is 1.95 bits per heavy atom. The first-order chi connectivity index (χ1) is 8.93. The summed E-state index contributed by atoms with van der Waals surface area (Å²) in [5.74, 6) is 0. The third-order valence-electron chi connectivity index (χ3n) is 3.43. The van der Waals surface area contributed by atoms with Gasteiger partial charge in [-0.2, -0.15) is 0 Å². The van der Waals surface area contributed by atoms with Crippen molar-refractivity contribution in [2.75, 3.05) is 0 Å². The van der Waals surface area contributed by atoms with E-state index in [1.165, 1.54) is 64.2 Å². The molecule has 0 aromatic carbocycles. The predicted molar refractivity (Wildman–Crippen MR) is 76.3 cm³/mol. The second-order valence-corrected chi connectivity index (χ2v) is 5.17. The molecule has 19 heavy (non-hydrogen) atoms. The number of unbranched alkanes of at least 4 members (excludes halogenated alkanes) is 9. The van der Waals surface area contributed by atoms with E-state index in [1.54, 1.807) is 0 Å². The zero-order valence-electron chi connectivity index (χ0n) is 12.4. The standard InChI is InChI=1S/C16H29N2.ClH/c1-2-3-4-5-6-7-8-9-10-11-14-18-15-12-13-17-16-18;/h12-13,15-16H,2-11,14H2,1H3;1H/q+1;/p-1. The fourth-order valence-corrected chi connectivity index (χ4v) is 2.28. The van der Waals surface area contributed by atoms with E-state index >= 15 is 0 Å². The summed E-state index contributed by atoms with van der Waals surface area (Å²) in [6.45, 7) is 3.39. The molecule has 0 amide bonds. The minimum Gasteiger partial charge on any atom is -1.00 e. The summed E-state index contributed by atoms with van der Waals surface area (Å²) in [5, 5.41) is 0. The van der Waals surface area contributed by atoms with E-state index in [1.807, 2.05) is 18.6 Å². The molecule has 0 aliphatic carbocycles. The van der Waals surface area contributed by atoms with Crippen LogP contribution in [0.3, 0.4) is 0 Å². The SMILES string of the molecule is CCCCCCCCCCCC[n+]1cccnc1.[Cl-]. The van der Waals surface area contributed by atoms with Crippen LogP contribution < -0.4 is 17.0 Å². The van der Waals surface area contributed by atoms with Crippen molar-refractivity contribution in [2.45, 2.75) is 77.7 Å². The lowest BCUT2D eigenvalue weighted by molar-refractivity contribution is -0.700. The fourth-order valence-electron chi connectivity index (χ4n) is 2.28. The monoisotopic (exact) mass is 284 g/mol. The summed E-state index contributed by atoms with van der Waals surface area (Å²) >= 11 is 0. The van der Waals surface area contributed by atoms with Crippen molar-refractivity contribution >= 4 is 0 Å². The fraction of sp³-hybridized carbons (Fsp3) is 0.750. The van der Waals surface area contributed by atoms with E-state index in [9.17, 15) is 0 Å². The van der Waals surface area contributed by atoms with Gasteiger partial charge in [0.25, 0.3) is 6.33 Å². The van der Waals surface area contributed by atoms with Crippen molar-refractivity contribution < 1.29 is 17.0 Å². The molecular weight excluding hydrogens is 256 g/mol. The van der Waals surface area contributed by atoms with Crippen LogP contribution in [0.2, 0.25) is 0 Å². The molecule has 0 spiro atoms. The number of hydrogen-bond acceptors (Lipinski definition) is 1. The van der Waals surface area contributed by atoms with Crippen molar-refractivity contribution in [2.24, 2.45) is 0 Å². The van der Waals surface area contributed by atoms with Gasteiger partial charge in [0.05, 0.1) is 12.7 Å². The first-order valence-electron chi connectivity index (χ1n) is 7.72. The van der Waals surface area contributed by atoms with E-state index < -0.39 is 0 Å². The average molecular weight is 285 g/mol. The smallest absolute Gasteiger partial charge is 0.286 e. The van der Waals surface area contributed by atoms with Gasteiger partial charge < -0.3 is 12.4 Å². The Morgan fingerprint density at radius 2 is 1.42 bits per heavy atom. The van der Waals surface area contributed by atoms with Crippen LogP contribution in [0.4, 0.5) is 0 Å². The number of aromatic nitrogens is 2. The molecule has 0 aliphatic heterocycles. The first kappa shape index (κ1) is 18.4. The number of hydrogen-bond donors (Lipinski definition) is 0. The highest BCUT2D eigenvalue weighted by atomic mass is 35.5. The van der Waals surface area contributed by atoms with Crippen LogP contribution >= 0.6 is 0 Å². The summed E-state index contributed by atoms with van der Waals surface area (Å²) in [7, 11) is 0. The summed E-state index contributed by atoms with van der Waals surface area (Å²) < 4.78 is 2.17. The molecule has 0 atom stereocenters. The average Bonchev–Trinajstić information content (AvgIpc) is 2.42. The number of halogens is 1. The second-order valence-electron chi connectivity index (χ2n) is 5.17. The quantitative estimate of drug-likeness (QED) is 0.442. The van der Waals surface area contributed by atoms with Crippen molar-refractivity contribution in [1.82, 2.24) is 4.98 Å². The predicted octanol–water partition coefficient (Wildman–Crippen LogP) is 1.29. The van der Waals surface area contributed by atoms with Crippen molar-refractivity contribution in [3.63, 3.8) is 0 Å². The second kappa shape index (κ2) is 13.8. The Morgan fingerprint density at radius 1 is 0.842 bits per heavy atom. The van der Waals surface area contributed by atoms with Gasteiger partial charge in [0.2, 0.25) is 0 Å². The maximum atomic E-state index is 4.11. The van der Waals surface area contributed by atoms with E-state index in [-0.39, 0.29) is 12.4 Å². The van der Waals surface area contributed by atoms with Gasteiger partial charge in [0.15, 0.2) is 0 Å². The Labute approximate surface area is 125 Å². The highest BCUT2D eigenvalue weighted by Crippen LogP contribution is 2.10. The topological polar surface area (TPSA) is 16.8 Å². The van der Waals surface area contributed by atoms with Gasteiger partial charge in [-0.1, -0.05) is 63.3 Å². The highest BCUT2D eigenvalue weighted by molar-refractivity contribution is 4.68. The summed E-state index contributed by atoms with van der Waals surface area (Å²) in [5.41, 5.74) is 0. The summed E-state index contributed by atoms with van der Waals surface area (Å²) in [6.07, 6.45) is 19.8. The zero-order valence-corrected chi connectivity index (χ0v) is 13.1. The Balaban J connectivity index is 0.00000324. The normalized spacial score (nSPS) is 10.2. The molecule has 0 N–H and O–H groups in total. The van der Waals surface area contributed by atoms with Gasteiger partial charge in [-0.3, -0.25) is 0 Å². The molecule has 1 heterocycles. The molecule has 1 aromatic heterocycles. The molecule has 0 radical (unpaired) electrons. The van der Waals surface area contributed by atoms with Crippen LogP contribution in [-0.2, 0) is 6.54 Å². The van der Waals surface area contributed by atoms with Crippen molar-refractivity contribution in [3.05, 3.63) is 24.8 Å². The van der Waals surface area contributed by atoms with Crippen LogP contribution in [0.1, 0.15) is 71.1 Å². The lowest BCUT2D eigenvalue weighted by Crippen LogP contribution is -3.00. The van der Waals surface area contributed by atoms with Crippen LogP contribution in [0.25, 0.3) is 0 Å². The maximum Gasteiger partial charge on any atom is 0.286 e. The highest BCUT2D eigenvalue weighted by Gasteiger charge is 1.96. The Kier molecular flexibility index (Phi) is 13.3. The Hall–Kier alpha value is -0.630. The van der Waals surface area contributed by atoms with E-state index in [0.717, 1.165) is 6.54 Å². The molecule has 0 aliphatic rings. The third-order valence-corrected chi connectivity index (χ3v) is 3.43. The van der Waals surface area contributed by atoms with Crippen molar-refractivity contribution in [1.29, 1.82) is 0 Å². The van der Waals surface area contributed by atoms with Crippen LogP contribution in [0.5, 0.6) is 0 Å². The van der Waals surface area contributed by atoms with Crippen LogP contribution in [0, 0.1) is 0 Å². The minimum atomic E-state index is 0. The number of aryl methyl sites for hydroxylation is 1. The van der Waals surface area contributed by atoms with Gasteiger partial charge >= 0.3 is 0 Å². The third kappa shape index (κ3) is 10.9. The Bertz CT molecular complexity index is 277. The lowest BCUT2D eigenvalue weighted by Gasteiger charge is -2.01. The first-order valence-corrected chi connectivity index (χ1v) is 7.72. The summed E-state index contributed by atoms with van der Waals surface area (Å²) in [4.78, 5) is 4.11. The molecule has 0 bridgehead atoms. The summed E-state index contributed by atoms with van der Waals surface area (Å²) in [6, 6.07) is 2.00. The molecule has 110 valence electrons. The van der Waals surface area contributed by atoms with Gasteiger partial charge in [-0.05, 0) is 12.8 Å². The molecule has 0 saturated heterocycles. The van der Waals surface area contributed by atoms with Crippen molar-refractivity contribution in [3.8, 4) is 0 Å². The molecule has 3 heteroatoms. The van der Waals surface area contributed by atoms with Gasteiger partial charge in [0.1, 0.15) is 6.20 Å².